The first-order chi connectivity index (χ1) is 9.80. The number of rotatable bonds is 7. The Morgan fingerprint density at radius 3 is 1.90 bits per heavy atom. The van der Waals surface area contributed by atoms with Gasteiger partial charge in [-0.3, -0.25) is 4.48 Å². The Kier molecular flexibility index (Phi) is 5.19. The molecule has 0 saturated heterocycles. The largest absolute Gasteiger partial charge is 0.379 e. The number of hydrogen-bond donors (Lipinski definition) is 1. The number of para-hydroxylation sites is 2. The van der Waals surface area contributed by atoms with E-state index >= 15 is 0 Å². The van der Waals surface area contributed by atoms with Gasteiger partial charge in [-0.2, -0.15) is 0 Å². The predicted octanol–water partition coefficient (Wildman–Crippen LogP) is 4.15. The molecule has 0 aliphatic heterocycles. The minimum absolute atomic E-state index is 0.987. The highest BCUT2D eigenvalue weighted by atomic mass is 15.4. The molecule has 2 aromatic rings. The van der Waals surface area contributed by atoms with Gasteiger partial charge in [0.25, 0.3) is 0 Å². The van der Waals surface area contributed by atoms with Crippen molar-refractivity contribution < 1.29 is 0 Å². The van der Waals surface area contributed by atoms with Crippen LogP contribution in [0.4, 0.5) is 11.4 Å². The van der Waals surface area contributed by atoms with Crippen molar-refractivity contribution in [2.45, 2.75) is 13.8 Å². The van der Waals surface area contributed by atoms with Crippen LogP contribution in [0, 0.1) is 0 Å². The van der Waals surface area contributed by atoms with Crippen molar-refractivity contribution in [3.05, 3.63) is 60.7 Å². The first-order valence-electron chi connectivity index (χ1n) is 7.51. The molecule has 0 bridgehead atoms. The average Bonchev–Trinajstić information content (AvgIpc) is 2.54. The molecule has 2 heteroatoms. The van der Waals surface area contributed by atoms with Gasteiger partial charge in [-0.25, -0.2) is 0 Å². The van der Waals surface area contributed by atoms with Crippen molar-refractivity contribution in [3.63, 3.8) is 0 Å². The quantitative estimate of drug-likeness (QED) is 0.745. The normalized spacial score (nSPS) is 11.3. The molecule has 0 aliphatic rings. The topological polar surface area (TPSA) is 12.0 Å². The monoisotopic (exact) mass is 269 g/mol. The van der Waals surface area contributed by atoms with Crippen molar-refractivity contribution in [3.8, 4) is 0 Å². The molecule has 1 N–H and O–H groups in total. The fraction of sp³-hybridized carbons (Fsp3) is 0.333. The van der Waals surface area contributed by atoms with Crippen molar-refractivity contribution in [1.82, 2.24) is 4.48 Å². The summed E-state index contributed by atoms with van der Waals surface area (Å²) < 4.78 is 1.03. The molecule has 0 amide bonds. The van der Waals surface area contributed by atoms with Gasteiger partial charge in [0, 0.05) is 5.69 Å². The molecule has 0 saturated carbocycles. The number of benzene rings is 2. The van der Waals surface area contributed by atoms with E-state index in [0.717, 1.165) is 30.7 Å². The molecule has 106 valence electrons. The lowest BCUT2D eigenvalue weighted by atomic mass is 10.2. The molecule has 2 nitrogen and oxygen atoms in total. The first kappa shape index (κ1) is 14.6. The fourth-order valence-electron chi connectivity index (χ4n) is 2.75. The smallest absolute Gasteiger partial charge is 0.132 e. The molecule has 0 atom stereocenters. The number of hydrogen-bond acceptors (Lipinski definition) is 1. The maximum absolute atomic E-state index is 3.52. The van der Waals surface area contributed by atoms with Crippen LogP contribution >= 0.6 is 0 Å². The highest BCUT2D eigenvalue weighted by molar-refractivity contribution is 5.44. The van der Waals surface area contributed by atoms with Gasteiger partial charge in [-0.05, 0) is 38.1 Å². The summed E-state index contributed by atoms with van der Waals surface area (Å²) in [6.07, 6.45) is 0. The van der Waals surface area contributed by atoms with E-state index in [4.69, 9.17) is 0 Å². The van der Waals surface area contributed by atoms with Crippen molar-refractivity contribution in [1.29, 1.82) is 0 Å². The number of nitrogens with one attached hydrogen (secondary N) is 1. The van der Waals surface area contributed by atoms with Crippen LogP contribution in [0.25, 0.3) is 0 Å². The van der Waals surface area contributed by atoms with Crippen molar-refractivity contribution in [2.75, 3.05) is 31.5 Å². The van der Waals surface area contributed by atoms with E-state index in [1.165, 1.54) is 11.4 Å². The standard InChI is InChI=1S/C18H25N2/c1-3-20(4-2,18-13-9-6-10-14-18)16-15-19-17-11-7-5-8-12-17/h5-14,19H,3-4,15-16H2,1-2H3/q+1. The zero-order valence-corrected chi connectivity index (χ0v) is 12.5. The molecule has 20 heavy (non-hydrogen) atoms. The lowest BCUT2D eigenvalue weighted by molar-refractivity contribution is 0.311. The molecule has 0 spiro atoms. The minimum atomic E-state index is 0.987. The average molecular weight is 269 g/mol. The van der Waals surface area contributed by atoms with Gasteiger partial charge < -0.3 is 5.32 Å². The van der Waals surface area contributed by atoms with E-state index in [2.05, 4.69) is 73.8 Å². The van der Waals surface area contributed by atoms with Crippen LogP contribution in [0.15, 0.2) is 60.7 Å². The summed E-state index contributed by atoms with van der Waals surface area (Å²) in [6.45, 7) is 8.89. The van der Waals surface area contributed by atoms with E-state index in [0.29, 0.717) is 0 Å². The van der Waals surface area contributed by atoms with Gasteiger partial charge in [0.05, 0.1) is 19.6 Å². The summed E-state index contributed by atoms with van der Waals surface area (Å²) in [7, 11) is 0. The molecule has 0 aliphatic carbocycles. The van der Waals surface area contributed by atoms with E-state index in [1.807, 2.05) is 6.07 Å². The highest BCUT2D eigenvalue weighted by Gasteiger charge is 2.25. The summed E-state index contributed by atoms with van der Waals surface area (Å²) in [5, 5.41) is 3.52. The summed E-state index contributed by atoms with van der Waals surface area (Å²) in [6, 6.07) is 21.3. The van der Waals surface area contributed by atoms with E-state index in [9.17, 15) is 0 Å². The van der Waals surface area contributed by atoms with Crippen LogP contribution in [0.2, 0.25) is 0 Å². The molecule has 0 radical (unpaired) electrons. The summed E-state index contributed by atoms with van der Waals surface area (Å²) in [5.41, 5.74) is 2.61. The summed E-state index contributed by atoms with van der Waals surface area (Å²) in [4.78, 5) is 0. The molecule has 2 rings (SSSR count). The Morgan fingerprint density at radius 2 is 1.35 bits per heavy atom. The molecule has 0 heterocycles. The zero-order valence-electron chi connectivity index (χ0n) is 12.5. The van der Waals surface area contributed by atoms with Crippen LogP contribution in [0.3, 0.4) is 0 Å². The molecule has 0 aromatic heterocycles. The second-order valence-electron chi connectivity index (χ2n) is 5.13. The molecular formula is C18H25N2+. The van der Waals surface area contributed by atoms with E-state index in [1.54, 1.807) is 0 Å². The van der Waals surface area contributed by atoms with Gasteiger partial charge in [0.15, 0.2) is 0 Å². The maximum Gasteiger partial charge on any atom is 0.132 e. The van der Waals surface area contributed by atoms with Gasteiger partial charge in [-0.15, -0.1) is 0 Å². The molecule has 0 unspecified atom stereocenters. The summed E-state index contributed by atoms with van der Waals surface area (Å²) >= 11 is 0. The highest BCUT2D eigenvalue weighted by Crippen LogP contribution is 2.22. The Hall–Kier alpha value is -1.80. The minimum Gasteiger partial charge on any atom is -0.379 e. The molecule has 2 aromatic carbocycles. The summed E-state index contributed by atoms with van der Waals surface area (Å²) in [5.74, 6) is 0. The Balaban J connectivity index is 2.03. The number of nitrogens with zero attached hydrogens (tertiary/aromatic N) is 1. The van der Waals surface area contributed by atoms with Crippen LogP contribution in [0.5, 0.6) is 0 Å². The Bertz CT molecular complexity index is 489. The van der Waals surface area contributed by atoms with Crippen molar-refractivity contribution >= 4 is 11.4 Å². The van der Waals surface area contributed by atoms with Gasteiger partial charge in [0.2, 0.25) is 0 Å². The van der Waals surface area contributed by atoms with Gasteiger partial charge in [0.1, 0.15) is 12.2 Å². The van der Waals surface area contributed by atoms with Crippen LogP contribution in [0.1, 0.15) is 13.8 Å². The molecular weight excluding hydrogens is 244 g/mol. The number of likely N-dealkylation sites (N-methyl/N-ethyl adjacent to an activating group) is 1. The third kappa shape index (κ3) is 3.40. The Labute approximate surface area is 122 Å². The van der Waals surface area contributed by atoms with Gasteiger partial charge >= 0.3 is 0 Å². The SMILES string of the molecule is CC[N+](CC)(CCNc1ccccc1)c1ccccc1. The zero-order chi connectivity index (χ0) is 14.3. The predicted molar refractivity (Wildman–Crippen MR) is 89.1 cm³/mol. The van der Waals surface area contributed by atoms with Crippen molar-refractivity contribution in [2.24, 2.45) is 0 Å². The third-order valence-corrected chi connectivity index (χ3v) is 4.16. The maximum atomic E-state index is 3.52. The van der Waals surface area contributed by atoms with E-state index < -0.39 is 0 Å². The van der Waals surface area contributed by atoms with Gasteiger partial charge in [-0.1, -0.05) is 36.4 Å². The molecule has 0 fully saturated rings. The Morgan fingerprint density at radius 1 is 0.800 bits per heavy atom. The van der Waals surface area contributed by atoms with Crippen LogP contribution in [-0.2, 0) is 0 Å². The second kappa shape index (κ2) is 7.11. The first-order valence-corrected chi connectivity index (χ1v) is 7.51. The van der Waals surface area contributed by atoms with Crippen LogP contribution < -0.4 is 9.80 Å². The lowest BCUT2D eigenvalue weighted by Gasteiger charge is -2.36. The fourth-order valence-corrected chi connectivity index (χ4v) is 2.75. The number of quaternary nitrogens is 1. The third-order valence-electron chi connectivity index (χ3n) is 4.16. The van der Waals surface area contributed by atoms with Crippen LogP contribution in [-0.4, -0.2) is 26.2 Å². The lowest BCUT2D eigenvalue weighted by Crippen LogP contribution is -2.51. The number of anilines is 1. The second-order valence-corrected chi connectivity index (χ2v) is 5.13. The van der Waals surface area contributed by atoms with E-state index in [-0.39, 0.29) is 0 Å².